The number of aromatic nitrogens is 1. The lowest BCUT2D eigenvalue weighted by molar-refractivity contribution is 0.251. The molecule has 1 N–H and O–H groups in total. The summed E-state index contributed by atoms with van der Waals surface area (Å²) in [5, 5.41) is 10.1. The Morgan fingerprint density at radius 2 is 2.05 bits per heavy atom. The second kappa shape index (κ2) is 6.04. The standard InChI is InChI=1S/C15H16ClNO2/c1-10-6-11(2)17-15(14(10)8-18)19-9-12-4-3-5-13(16)7-12/h3-7,18H,8-9H2,1-2H3. The van der Waals surface area contributed by atoms with Crippen LogP contribution in [-0.2, 0) is 13.2 Å². The number of hydrogen-bond donors (Lipinski definition) is 1. The minimum Gasteiger partial charge on any atom is -0.473 e. The first-order valence-electron chi connectivity index (χ1n) is 6.05. The van der Waals surface area contributed by atoms with Gasteiger partial charge < -0.3 is 9.84 Å². The summed E-state index contributed by atoms with van der Waals surface area (Å²) in [7, 11) is 0. The largest absolute Gasteiger partial charge is 0.473 e. The summed E-state index contributed by atoms with van der Waals surface area (Å²) < 4.78 is 5.70. The van der Waals surface area contributed by atoms with Gasteiger partial charge in [0.2, 0.25) is 5.88 Å². The van der Waals surface area contributed by atoms with Crippen molar-refractivity contribution in [3.05, 3.63) is 57.7 Å². The number of benzene rings is 1. The SMILES string of the molecule is Cc1cc(C)c(CO)c(OCc2cccc(Cl)c2)n1. The maximum absolute atomic E-state index is 9.39. The van der Waals surface area contributed by atoms with E-state index in [1.165, 1.54) is 0 Å². The van der Waals surface area contributed by atoms with Crippen LogP contribution in [0.5, 0.6) is 5.88 Å². The van der Waals surface area contributed by atoms with E-state index in [0.717, 1.165) is 22.4 Å². The molecule has 4 heteroatoms. The van der Waals surface area contributed by atoms with Gasteiger partial charge in [-0.3, -0.25) is 0 Å². The molecule has 0 fully saturated rings. The molecule has 0 aliphatic rings. The summed E-state index contributed by atoms with van der Waals surface area (Å²) in [5.41, 5.74) is 3.55. The highest BCUT2D eigenvalue weighted by Crippen LogP contribution is 2.22. The van der Waals surface area contributed by atoms with Crippen LogP contribution in [0.1, 0.15) is 22.4 Å². The van der Waals surface area contributed by atoms with Crippen molar-refractivity contribution in [3.8, 4) is 5.88 Å². The van der Waals surface area contributed by atoms with Crippen LogP contribution < -0.4 is 4.74 Å². The molecule has 0 bridgehead atoms. The molecule has 0 saturated carbocycles. The van der Waals surface area contributed by atoms with Gasteiger partial charge in [0, 0.05) is 16.3 Å². The molecule has 0 saturated heterocycles. The van der Waals surface area contributed by atoms with Gasteiger partial charge in [0.05, 0.1) is 6.61 Å². The van der Waals surface area contributed by atoms with Crippen LogP contribution in [0.15, 0.2) is 30.3 Å². The number of ether oxygens (including phenoxy) is 1. The van der Waals surface area contributed by atoms with E-state index in [-0.39, 0.29) is 6.61 Å². The van der Waals surface area contributed by atoms with E-state index >= 15 is 0 Å². The van der Waals surface area contributed by atoms with Gasteiger partial charge in [0.25, 0.3) is 0 Å². The molecule has 0 aliphatic heterocycles. The molecule has 0 spiro atoms. The first-order chi connectivity index (χ1) is 9.10. The van der Waals surface area contributed by atoms with Crippen molar-refractivity contribution >= 4 is 11.6 Å². The van der Waals surface area contributed by atoms with Gasteiger partial charge in [-0.05, 0) is 43.2 Å². The third-order valence-corrected chi connectivity index (χ3v) is 3.10. The maximum atomic E-state index is 9.39. The van der Waals surface area contributed by atoms with Crippen LogP contribution in [0.3, 0.4) is 0 Å². The Bertz CT molecular complexity index is 584. The van der Waals surface area contributed by atoms with Crippen LogP contribution in [0.2, 0.25) is 5.02 Å². The zero-order valence-corrected chi connectivity index (χ0v) is 11.7. The zero-order chi connectivity index (χ0) is 13.8. The smallest absolute Gasteiger partial charge is 0.219 e. The average molecular weight is 278 g/mol. The Labute approximate surface area is 117 Å². The van der Waals surface area contributed by atoms with E-state index < -0.39 is 0 Å². The number of hydrogen-bond acceptors (Lipinski definition) is 3. The van der Waals surface area contributed by atoms with Crippen LogP contribution in [0.4, 0.5) is 0 Å². The van der Waals surface area contributed by atoms with Crippen molar-refractivity contribution in [2.24, 2.45) is 0 Å². The van der Waals surface area contributed by atoms with Gasteiger partial charge in [0.1, 0.15) is 6.61 Å². The highest BCUT2D eigenvalue weighted by Gasteiger charge is 2.09. The fraction of sp³-hybridized carbons (Fsp3) is 0.267. The van der Waals surface area contributed by atoms with Gasteiger partial charge in [-0.2, -0.15) is 0 Å². The summed E-state index contributed by atoms with van der Waals surface area (Å²) >= 11 is 5.92. The Morgan fingerprint density at radius 1 is 1.26 bits per heavy atom. The van der Waals surface area contributed by atoms with Crippen molar-refractivity contribution < 1.29 is 9.84 Å². The predicted molar refractivity (Wildman–Crippen MR) is 75.4 cm³/mol. The van der Waals surface area contributed by atoms with Crippen LogP contribution in [0.25, 0.3) is 0 Å². The fourth-order valence-electron chi connectivity index (χ4n) is 1.92. The van der Waals surface area contributed by atoms with Crippen LogP contribution in [0, 0.1) is 13.8 Å². The van der Waals surface area contributed by atoms with Crippen LogP contribution in [-0.4, -0.2) is 10.1 Å². The topological polar surface area (TPSA) is 42.4 Å². The van der Waals surface area contributed by atoms with E-state index in [1.54, 1.807) is 0 Å². The average Bonchev–Trinajstić information content (AvgIpc) is 2.36. The summed E-state index contributed by atoms with van der Waals surface area (Å²) in [6, 6.07) is 9.41. The minimum atomic E-state index is -0.0794. The molecule has 2 rings (SSSR count). The summed E-state index contributed by atoms with van der Waals surface area (Å²) in [4.78, 5) is 4.33. The third-order valence-electron chi connectivity index (χ3n) is 2.86. The van der Waals surface area contributed by atoms with Gasteiger partial charge in [-0.25, -0.2) is 4.98 Å². The quantitative estimate of drug-likeness (QED) is 0.931. The number of rotatable bonds is 4. The second-order valence-corrected chi connectivity index (χ2v) is 4.88. The second-order valence-electron chi connectivity index (χ2n) is 4.44. The minimum absolute atomic E-state index is 0.0794. The van der Waals surface area contributed by atoms with Crippen molar-refractivity contribution in [2.45, 2.75) is 27.1 Å². The molecule has 2 aromatic rings. The normalized spacial score (nSPS) is 10.5. The molecule has 0 atom stereocenters. The number of nitrogens with zero attached hydrogens (tertiary/aromatic N) is 1. The Kier molecular flexibility index (Phi) is 4.40. The van der Waals surface area contributed by atoms with Gasteiger partial charge in [-0.1, -0.05) is 23.7 Å². The van der Waals surface area contributed by atoms with Crippen LogP contribution >= 0.6 is 11.6 Å². The van der Waals surface area contributed by atoms with Crippen molar-refractivity contribution in [3.63, 3.8) is 0 Å². The summed E-state index contributed by atoms with van der Waals surface area (Å²) in [6.07, 6.45) is 0. The Morgan fingerprint density at radius 3 is 2.74 bits per heavy atom. The Hall–Kier alpha value is -1.58. The van der Waals surface area contributed by atoms with Gasteiger partial charge in [0.15, 0.2) is 0 Å². The number of aliphatic hydroxyl groups is 1. The number of aryl methyl sites for hydroxylation is 2. The maximum Gasteiger partial charge on any atom is 0.219 e. The highest BCUT2D eigenvalue weighted by molar-refractivity contribution is 6.30. The van der Waals surface area contributed by atoms with Gasteiger partial charge in [-0.15, -0.1) is 0 Å². The molecule has 3 nitrogen and oxygen atoms in total. The third kappa shape index (κ3) is 3.46. The first kappa shape index (κ1) is 13.8. The van der Waals surface area contributed by atoms with Crippen molar-refractivity contribution in [1.29, 1.82) is 0 Å². The molecular formula is C15H16ClNO2. The van der Waals surface area contributed by atoms with E-state index in [2.05, 4.69) is 4.98 Å². The Balaban J connectivity index is 2.19. The first-order valence-corrected chi connectivity index (χ1v) is 6.43. The van der Waals surface area contributed by atoms with Gasteiger partial charge >= 0.3 is 0 Å². The van der Waals surface area contributed by atoms with Crippen molar-refractivity contribution in [2.75, 3.05) is 0 Å². The van der Waals surface area contributed by atoms with E-state index in [0.29, 0.717) is 17.5 Å². The highest BCUT2D eigenvalue weighted by atomic mass is 35.5. The van der Waals surface area contributed by atoms with E-state index in [4.69, 9.17) is 16.3 Å². The lowest BCUT2D eigenvalue weighted by Gasteiger charge is -2.12. The molecule has 0 unspecified atom stereocenters. The van der Waals surface area contributed by atoms with E-state index in [1.807, 2.05) is 44.2 Å². The number of aliphatic hydroxyl groups excluding tert-OH is 1. The monoisotopic (exact) mass is 277 g/mol. The molecule has 0 radical (unpaired) electrons. The predicted octanol–water partition coefficient (Wildman–Crippen LogP) is 3.42. The fourth-order valence-corrected chi connectivity index (χ4v) is 2.13. The molecule has 1 aromatic carbocycles. The molecule has 0 amide bonds. The molecule has 1 heterocycles. The van der Waals surface area contributed by atoms with Crippen molar-refractivity contribution in [1.82, 2.24) is 4.98 Å². The number of pyridine rings is 1. The molecule has 1 aromatic heterocycles. The van der Waals surface area contributed by atoms with E-state index in [9.17, 15) is 5.11 Å². The molecule has 19 heavy (non-hydrogen) atoms. The molecule has 100 valence electrons. The molecular weight excluding hydrogens is 262 g/mol. The summed E-state index contributed by atoms with van der Waals surface area (Å²) in [5.74, 6) is 0.486. The lowest BCUT2D eigenvalue weighted by atomic mass is 10.1. The summed E-state index contributed by atoms with van der Waals surface area (Å²) in [6.45, 7) is 4.14. The molecule has 0 aliphatic carbocycles. The lowest BCUT2D eigenvalue weighted by Crippen LogP contribution is -2.04. The zero-order valence-electron chi connectivity index (χ0n) is 11.0. The number of halogens is 1.